The third-order valence-corrected chi connectivity index (χ3v) is 4.76. The zero-order valence-electron chi connectivity index (χ0n) is 11.9. The molecule has 110 valence electrons. The quantitative estimate of drug-likeness (QED) is 0.868. The minimum atomic E-state index is 0.0968. The number of amides is 1. The Balaban J connectivity index is 1.82. The van der Waals surface area contributed by atoms with Crippen molar-refractivity contribution in [2.45, 2.75) is 44.7 Å². The van der Waals surface area contributed by atoms with Gasteiger partial charge >= 0.3 is 0 Å². The van der Waals surface area contributed by atoms with Gasteiger partial charge in [0.1, 0.15) is 5.01 Å². The van der Waals surface area contributed by atoms with Crippen LogP contribution in [0.5, 0.6) is 0 Å². The van der Waals surface area contributed by atoms with Gasteiger partial charge in [-0.1, -0.05) is 19.3 Å². The van der Waals surface area contributed by atoms with E-state index in [0.717, 1.165) is 17.8 Å². The van der Waals surface area contributed by atoms with Crippen LogP contribution in [-0.4, -0.2) is 26.8 Å². The molecule has 1 saturated carbocycles. The minimum Gasteiger partial charge on any atom is -0.329 e. The van der Waals surface area contributed by atoms with Gasteiger partial charge in [-0.05, 0) is 25.0 Å². The van der Waals surface area contributed by atoms with Crippen molar-refractivity contribution in [2.75, 3.05) is 0 Å². The van der Waals surface area contributed by atoms with Crippen molar-refractivity contribution >= 4 is 17.2 Å². The van der Waals surface area contributed by atoms with E-state index in [9.17, 15) is 4.79 Å². The first-order valence-corrected chi connectivity index (χ1v) is 8.32. The molecule has 0 atom stereocenters. The molecule has 0 radical (unpaired) electrons. The summed E-state index contributed by atoms with van der Waals surface area (Å²) in [6.07, 6.45) is 11.1. The molecule has 0 N–H and O–H groups in total. The van der Waals surface area contributed by atoms with Crippen molar-refractivity contribution < 1.29 is 4.79 Å². The Bertz CT molecular complexity index is 564. The van der Waals surface area contributed by atoms with Gasteiger partial charge in [-0.15, -0.1) is 11.3 Å². The fraction of sp³-hybridized carbons (Fsp3) is 0.438. The van der Waals surface area contributed by atoms with Gasteiger partial charge in [-0.3, -0.25) is 9.78 Å². The Morgan fingerprint density at radius 1 is 1.19 bits per heavy atom. The average molecular weight is 301 g/mol. The van der Waals surface area contributed by atoms with Crippen LogP contribution in [0.2, 0.25) is 0 Å². The summed E-state index contributed by atoms with van der Waals surface area (Å²) in [6.45, 7) is 0.615. The predicted molar refractivity (Wildman–Crippen MR) is 83.1 cm³/mol. The van der Waals surface area contributed by atoms with E-state index in [0.29, 0.717) is 18.2 Å². The molecule has 0 spiro atoms. The zero-order chi connectivity index (χ0) is 14.5. The standard InChI is InChI=1S/C16H19N3OS/c20-16(13-6-8-17-9-7-13)19(12-15-18-10-11-21-15)14-4-2-1-3-5-14/h6-11,14H,1-5,12H2. The molecule has 3 rings (SSSR count). The number of thiazole rings is 1. The number of rotatable bonds is 4. The summed E-state index contributed by atoms with van der Waals surface area (Å²) in [5.41, 5.74) is 0.715. The summed E-state index contributed by atoms with van der Waals surface area (Å²) >= 11 is 1.61. The number of carbonyl (C=O) groups is 1. The lowest BCUT2D eigenvalue weighted by atomic mass is 9.93. The van der Waals surface area contributed by atoms with E-state index in [1.54, 1.807) is 42.1 Å². The van der Waals surface area contributed by atoms with E-state index in [2.05, 4.69) is 9.97 Å². The molecule has 1 fully saturated rings. The predicted octanol–water partition coefficient (Wildman–Crippen LogP) is 3.51. The topological polar surface area (TPSA) is 46.1 Å². The highest BCUT2D eigenvalue weighted by atomic mass is 32.1. The van der Waals surface area contributed by atoms with Gasteiger partial charge in [0.2, 0.25) is 0 Å². The zero-order valence-corrected chi connectivity index (χ0v) is 12.8. The first kappa shape index (κ1) is 14.2. The van der Waals surface area contributed by atoms with Crippen LogP contribution in [0.25, 0.3) is 0 Å². The Morgan fingerprint density at radius 2 is 1.95 bits per heavy atom. The van der Waals surface area contributed by atoms with Gasteiger partial charge in [0, 0.05) is 35.6 Å². The van der Waals surface area contributed by atoms with E-state index >= 15 is 0 Å². The van der Waals surface area contributed by atoms with Crippen molar-refractivity contribution in [2.24, 2.45) is 0 Å². The second-order valence-corrected chi connectivity index (χ2v) is 6.37. The maximum absolute atomic E-state index is 12.8. The fourth-order valence-corrected chi connectivity index (χ4v) is 3.51. The van der Waals surface area contributed by atoms with Gasteiger partial charge in [-0.2, -0.15) is 0 Å². The maximum Gasteiger partial charge on any atom is 0.254 e. The van der Waals surface area contributed by atoms with E-state index in [4.69, 9.17) is 0 Å². The van der Waals surface area contributed by atoms with Crippen molar-refractivity contribution in [3.05, 3.63) is 46.7 Å². The molecular formula is C16H19N3OS. The molecule has 0 aliphatic heterocycles. The monoisotopic (exact) mass is 301 g/mol. The van der Waals surface area contributed by atoms with Crippen molar-refractivity contribution in [1.82, 2.24) is 14.9 Å². The minimum absolute atomic E-state index is 0.0968. The SMILES string of the molecule is O=C(c1ccncc1)N(Cc1nccs1)C1CCCCC1. The Labute approximate surface area is 128 Å². The number of hydrogen-bond acceptors (Lipinski definition) is 4. The molecule has 5 heteroatoms. The van der Waals surface area contributed by atoms with E-state index in [1.807, 2.05) is 10.3 Å². The molecule has 4 nitrogen and oxygen atoms in total. The summed E-state index contributed by atoms with van der Waals surface area (Å²) in [6, 6.07) is 3.92. The van der Waals surface area contributed by atoms with Crippen molar-refractivity contribution in [3.63, 3.8) is 0 Å². The van der Waals surface area contributed by atoms with Crippen LogP contribution in [-0.2, 0) is 6.54 Å². The first-order chi connectivity index (χ1) is 10.3. The number of hydrogen-bond donors (Lipinski definition) is 0. The van der Waals surface area contributed by atoms with Gasteiger partial charge in [-0.25, -0.2) is 4.98 Å². The molecule has 1 aliphatic carbocycles. The van der Waals surface area contributed by atoms with Crippen LogP contribution < -0.4 is 0 Å². The molecule has 0 aromatic carbocycles. The molecule has 21 heavy (non-hydrogen) atoms. The van der Waals surface area contributed by atoms with Crippen LogP contribution in [0.4, 0.5) is 0 Å². The fourth-order valence-electron chi connectivity index (χ4n) is 2.90. The van der Waals surface area contributed by atoms with Gasteiger partial charge in [0.25, 0.3) is 5.91 Å². The lowest BCUT2D eigenvalue weighted by Crippen LogP contribution is -2.41. The van der Waals surface area contributed by atoms with E-state index in [-0.39, 0.29) is 5.91 Å². The molecule has 0 bridgehead atoms. The maximum atomic E-state index is 12.8. The van der Waals surface area contributed by atoms with Crippen LogP contribution in [0.15, 0.2) is 36.1 Å². The van der Waals surface area contributed by atoms with E-state index < -0.39 is 0 Å². The molecule has 1 amide bonds. The largest absolute Gasteiger partial charge is 0.329 e. The molecule has 2 aromatic rings. The Hall–Kier alpha value is -1.75. The molecule has 1 aliphatic rings. The second kappa shape index (κ2) is 6.80. The molecule has 0 unspecified atom stereocenters. The average Bonchev–Trinajstić information content (AvgIpc) is 3.07. The lowest BCUT2D eigenvalue weighted by molar-refractivity contribution is 0.0614. The highest BCUT2D eigenvalue weighted by Gasteiger charge is 2.26. The summed E-state index contributed by atoms with van der Waals surface area (Å²) in [7, 11) is 0. The number of aromatic nitrogens is 2. The lowest BCUT2D eigenvalue weighted by Gasteiger charge is -2.34. The van der Waals surface area contributed by atoms with Crippen LogP contribution in [0, 0.1) is 0 Å². The highest BCUT2D eigenvalue weighted by Crippen LogP contribution is 2.26. The summed E-state index contributed by atoms with van der Waals surface area (Å²) < 4.78 is 0. The molecular weight excluding hydrogens is 282 g/mol. The second-order valence-electron chi connectivity index (χ2n) is 5.39. The molecule has 2 aromatic heterocycles. The molecule has 0 saturated heterocycles. The van der Waals surface area contributed by atoms with E-state index in [1.165, 1.54) is 19.3 Å². The van der Waals surface area contributed by atoms with Gasteiger partial charge < -0.3 is 4.90 Å². The normalized spacial score (nSPS) is 15.8. The third kappa shape index (κ3) is 3.47. The van der Waals surface area contributed by atoms with Crippen LogP contribution in [0.1, 0.15) is 47.5 Å². The summed E-state index contributed by atoms with van der Waals surface area (Å²) in [5.74, 6) is 0.0968. The smallest absolute Gasteiger partial charge is 0.254 e. The van der Waals surface area contributed by atoms with Gasteiger partial charge in [0.15, 0.2) is 0 Å². The highest BCUT2D eigenvalue weighted by molar-refractivity contribution is 7.09. The summed E-state index contributed by atoms with van der Waals surface area (Å²) in [4.78, 5) is 23.2. The van der Waals surface area contributed by atoms with Crippen LogP contribution >= 0.6 is 11.3 Å². The number of nitrogens with zero attached hydrogens (tertiary/aromatic N) is 3. The molecule has 2 heterocycles. The van der Waals surface area contributed by atoms with Crippen molar-refractivity contribution in [3.8, 4) is 0 Å². The van der Waals surface area contributed by atoms with Crippen LogP contribution in [0.3, 0.4) is 0 Å². The Kier molecular flexibility index (Phi) is 4.60. The Morgan fingerprint density at radius 3 is 2.62 bits per heavy atom. The first-order valence-electron chi connectivity index (χ1n) is 7.44. The third-order valence-electron chi connectivity index (χ3n) is 3.99. The number of pyridine rings is 1. The number of carbonyl (C=O) groups excluding carboxylic acids is 1. The van der Waals surface area contributed by atoms with Gasteiger partial charge in [0.05, 0.1) is 6.54 Å². The summed E-state index contributed by atoms with van der Waals surface area (Å²) in [5, 5.41) is 2.97. The van der Waals surface area contributed by atoms with Crippen molar-refractivity contribution in [1.29, 1.82) is 0 Å².